The molecule has 0 bridgehead atoms. The van der Waals surface area contributed by atoms with E-state index in [2.05, 4.69) is 20.9 Å². The minimum absolute atomic E-state index is 0.163. The summed E-state index contributed by atoms with van der Waals surface area (Å²) < 4.78 is 2.60. The van der Waals surface area contributed by atoms with Crippen LogP contribution in [0.25, 0.3) is 5.76 Å². The second-order valence-corrected chi connectivity index (χ2v) is 8.39. The Morgan fingerprint density at radius 1 is 1.12 bits per heavy atom. The summed E-state index contributed by atoms with van der Waals surface area (Å²) >= 11 is 3.32. The number of amides is 1. The Balaban J connectivity index is 1.80. The Bertz CT molecular complexity index is 1240. The van der Waals surface area contributed by atoms with Gasteiger partial charge in [0.2, 0.25) is 0 Å². The first-order valence-corrected chi connectivity index (χ1v) is 10.9. The first-order valence-electron chi connectivity index (χ1n) is 10.1. The molecule has 2 aromatic carbocycles. The van der Waals surface area contributed by atoms with E-state index in [1.165, 1.54) is 23.1 Å². The molecule has 0 spiro atoms. The molecule has 168 valence electrons. The monoisotopic (exact) mass is 510 g/mol. The van der Waals surface area contributed by atoms with E-state index in [0.717, 1.165) is 4.47 Å². The van der Waals surface area contributed by atoms with Gasteiger partial charge in [-0.2, -0.15) is 0 Å². The highest BCUT2D eigenvalue weighted by Gasteiger charge is 2.47. The maximum Gasteiger partial charge on any atom is 0.295 e. The van der Waals surface area contributed by atoms with Crippen LogP contribution in [0.4, 0.5) is 5.69 Å². The van der Waals surface area contributed by atoms with Crippen molar-refractivity contribution >= 4 is 39.1 Å². The van der Waals surface area contributed by atoms with Gasteiger partial charge >= 0.3 is 0 Å². The van der Waals surface area contributed by atoms with Gasteiger partial charge in [-0.05, 0) is 24.6 Å². The molecule has 0 aliphatic carbocycles. The van der Waals surface area contributed by atoms with Crippen molar-refractivity contribution in [3.8, 4) is 0 Å². The van der Waals surface area contributed by atoms with Crippen LogP contribution in [0.2, 0.25) is 0 Å². The fourth-order valence-corrected chi connectivity index (χ4v) is 4.19. The standard InChI is InChI=1S/C23H19BrN4O5/c24-16-8-6-15(7-9-16)21(29)19-20(17-4-1-2-5-18(17)28(32)33)27(23(31)22(19)30)12-3-11-26-13-10-25-14-26/h1-2,4-10,13-14,20,29H,3,11-12H2/t20-/m1/s1. The van der Waals surface area contributed by atoms with Crippen LogP contribution in [0, 0.1) is 10.1 Å². The number of imidazole rings is 1. The number of nitro benzene ring substituents is 1. The number of nitro groups is 1. The number of aliphatic hydroxyl groups is 1. The Hall–Kier alpha value is -3.79. The molecule has 1 amide bonds. The van der Waals surface area contributed by atoms with Gasteiger partial charge in [0.1, 0.15) is 5.76 Å². The number of ketones is 1. The minimum atomic E-state index is -1.09. The Morgan fingerprint density at radius 3 is 2.52 bits per heavy atom. The number of carbonyl (C=O) groups excluding carboxylic acids is 2. The zero-order valence-electron chi connectivity index (χ0n) is 17.3. The van der Waals surface area contributed by atoms with Crippen molar-refractivity contribution in [2.24, 2.45) is 0 Å². The van der Waals surface area contributed by atoms with Gasteiger partial charge in [0.25, 0.3) is 17.4 Å². The van der Waals surface area contributed by atoms with Crippen molar-refractivity contribution in [1.82, 2.24) is 14.5 Å². The molecule has 10 heteroatoms. The van der Waals surface area contributed by atoms with Crippen LogP contribution in [-0.2, 0) is 16.1 Å². The Morgan fingerprint density at radius 2 is 1.85 bits per heavy atom. The lowest BCUT2D eigenvalue weighted by Gasteiger charge is -2.25. The van der Waals surface area contributed by atoms with Gasteiger partial charge in [0, 0.05) is 41.6 Å². The van der Waals surface area contributed by atoms with E-state index >= 15 is 0 Å². The zero-order chi connectivity index (χ0) is 23.5. The molecular formula is C23H19BrN4O5. The van der Waals surface area contributed by atoms with Gasteiger partial charge in [-0.3, -0.25) is 19.7 Å². The zero-order valence-corrected chi connectivity index (χ0v) is 18.9. The number of para-hydroxylation sites is 1. The average Bonchev–Trinajstić information content (AvgIpc) is 3.41. The molecule has 4 rings (SSSR count). The number of likely N-dealkylation sites (tertiary alicyclic amines) is 1. The SMILES string of the molecule is O=C1C(=O)N(CCCn2ccnc2)[C@H](c2ccccc2[N+](=O)[O-])C1=C(O)c1ccc(Br)cc1. The molecule has 33 heavy (non-hydrogen) atoms. The fraction of sp³-hybridized carbons (Fsp3) is 0.174. The summed E-state index contributed by atoms with van der Waals surface area (Å²) in [6, 6.07) is 11.4. The Labute approximate surface area is 197 Å². The summed E-state index contributed by atoms with van der Waals surface area (Å²) in [6.07, 6.45) is 5.54. The van der Waals surface area contributed by atoms with Crippen molar-refractivity contribution in [3.63, 3.8) is 0 Å². The molecule has 1 atom stereocenters. The van der Waals surface area contributed by atoms with E-state index in [9.17, 15) is 24.8 Å². The molecule has 1 fully saturated rings. The molecule has 2 heterocycles. The second-order valence-electron chi connectivity index (χ2n) is 7.47. The van der Waals surface area contributed by atoms with Gasteiger partial charge in [-0.25, -0.2) is 4.98 Å². The van der Waals surface area contributed by atoms with Crippen LogP contribution < -0.4 is 0 Å². The van der Waals surface area contributed by atoms with E-state index in [4.69, 9.17) is 0 Å². The number of hydrogen-bond donors (Lipinski definition) is 1. The van der Waals surface area contributed by atoms with Crippen molar-refractivity contribution in [2.45, 2.75) is 19.0 Å². The van der Waals surface area contributed by atoms with Crippen LogP contribution in [-0.4, -0.2) is 42.7 Å². The minimum Gasteiger partial charge on any atom is -0.507 e. The van der Waals surface area contributed by atoms with Gasteiger partial charge in [0.15, 0.2) is 0 Å². The summed E-state index contributed by atoms with van der Waals surface area (Å²) in [5.41, 5.74) is 0.103. The van der Waals surface area contributed by atoms with E-state index in [1.807, 2.05) is 4.57 Å². The van der Waals surface area contributed by atoms with Crippen molar-refractivity contribution < 1.29 is 19.6 Å². The maximum atomic E-state index is 13.1. The van der Waals surface area contributed by atoms with Crippen molar-refractivity contribution in [2.75, 3.05) is 6.54 Å². The lowest BCUT2D eigenvalue weighted by Crippen LogP contribution is -2.31. The summed E-state index contributed by atoms with van der Waals surface area (Å²) in [5, 5.41) is 22.8. The highest BCUT2D eigenvalue weighted by atomic mass is 79.9. The normalized spacial score (nSPS) is 17.5. The molecule has 3 aromatic rings. The van der Waals surface area contributed by atoms with E-state index < -0.39 is 22.7 Å². The van der Waals surface area contributed by atoms with Crippen molar-refractivity contribution in [3.05, 3.63) is 98.5 Å². The third-order valence-electron chi connectivity index (χ3n) is 5.46. The second kappa shape index (κ2) is 9.37. The number of halogens is 1. The molecular weight excluding hydrogens is 492 g/mol. The molecule has 0 unspecified atom stereocenters. The molecule has 1 aliphatic heterocycles. The molecule has 1 aliphatic rings. The number of aryl methyl sites for hydroxylation is 1. The summed E-state index contributed by atoms with van der Waals surface area (Å²) in [4.78, 5) is 42.5. The third-order valence-corrected chi connectivity index (χ3v) is 5.99. The predicted molar refractivity (Wildman–Crippen MR) is 123 cm³/mol. The van der Waals surface area contributed by atoms with E-state index in [0.29, 0.717) is 18.5 Å². The van der Waals surface area contributed by atoms with Gasteiger partial charge in [0.05, 0.1) is 28.4 Å². The third kappa shape index (κ3) is 4.42. The first-order chi connectivity index (χ1) is 15.9. The smallest absolute Gasteiger partial charge is 0.295 e. The summed E-state index contributed by atoms with van der Waals surface area (Å²) in [6.45, 7) is 0.704. The maximum absolute atomic E-state index is 13.1. The predicted octanol–water partition coefficient (Wildman–Crippen LogP) is 4.07. The van der Waals surface area contributed by atoms with E-state index in [1.54, 1.807) is 49.1 Å². The van der Waals surface area contributed by atoms with Crippen LogP contribution in [0.5, 0.6) is 0 Å². The van der Waals surface area contributed by atoms with Crippen LogP contribution in [0.15, 0.2) is 77.3 Å². The first kappa shape index (κ1) is 22.4. The molecule has 0 saturated carbocycles. The lowest BCUT2D eigenvalue weighted by atomic mass is 9.94. The Kier molecular flexibility index (Phi) is 6.36. The number of Topliss-reactive ketones (excluding diaryl/α,β-unsaturated/α-hetero) is 1. The number of aliphatic hydroxyl groups excluding tert-OH is 1. The summed E-state index contributed by atoms with van der Waals surface area (Å²) in [5.74, 6) is -2.05. The number of hydrogen-bond acceptors (Lipinski definition) is 6. The van der Waals surface area contributed by atoms with Crippen LogP contribution in [0.3, 0.4) is 0 Å². The number of aromatic nitrogens is 2. The van der Waals surface area contributed by atoms with Gasteiger partial charge < -0.3 is 14.6 Å². The van der Waals surface area contributed by atoms with E-state index in [-0.39, 0.29) is 29.1 Å². The number of carbonyl (C=O) groups is 2. The molecule has 0 radical (unpaired) electrons. The summed E-state index contributed by atoms with van der Waals surface area (Å²) in [7, 11) is 0. The topological polar surface area (TPSA) is 119 Å². The highest BCUT2D eigenvalue weighted by molar-refractivity contribution is 9.10. The molecule has 9 nitrogen and oxygen atoms in total. The number of rotatable bonds is 7. The number of nitrogens with zero attached hydrogens (tertiary/aromatic N) is 4. The largest absolute Gasteiger partial charge is 0.507 e. The molecule has 1 N–H and O–H groups in total. The highest BCUT2D eigenvalue weighted by Crippen LogP contribution is 2.42. The number of benzene rings is 2. The average molecular weight is 511 g/mol. The van der Waals surface area contributed by atoms with Crippen LogP contribution >= 0.6 is 15.9 Å². The van der Waals surface area contributed by atoms with Crippen molar-refractivity contribution in [1.29, 1.82) is 0 Å². The quantitative estimate of drug-likeness (QED) is 0.168. The molecule has 1 aromatic heterocycles. The van der Waals surface area contributed by atoms with Crippen LogP contribution in [0.1, 0.15) is 23.6 Å². The molecule has 1 saturated heterocycles. The van der Waals surface area contributed by atoms with Gasteiger partial charge in [-0.15, -0.1) is 0 Å². The lowest BCUT2D eigenvalue weighted by molar-refractivity contribution is -0.385. The van der Waals surface area contributed by atoms with Gasteiger partial charge in [-0.1, -0.05) is 40.2 Å². The fourth-order valence-electron chi connectivity index (χ4n) is 3.92.